The molecule has 0 amide bonds. The summed E-state index contributed by atoms with van der Waals surface area (Å²) in [5, 5.41) is 9.40. The molecule has 0 bridgehead atoms. The highest BCUT2D eigenvalue weighted by Crippen LogP contribution is 2.46. The lowest BCUT2D eigenvalue weighted by Gasteiger charge is -2.22. The van der Waals surface area contributed by atoms with Crippen molar-refractivity contribution in [3.8, 4) is 20.9 Å². The molecular weight excluding hydrogens is 993 g/mol. The van der Waals surface area contributed by atoms with Crippen molar-refractivity contribution in [2.75, 3.05) is 0 Å². The van der Waals surface area contributed by atoms with Crippen LogP contribution >= 0.6 is 34.9 Å². The lowest BCUT2D eigenvalue weighted by Crippen LogP contribution is -2.01. The van der Waals surface area contributed by atoms with Crippen LogP contribution in [0.15, 0.2) is 211 Å². The number of hydrogen-bond donors (Lipinski definition) is 4. The predicted molar refractivity (Wildman–Crippen MR) is 275 cm³/mol. The molecular formula is C52H41O11S6+. The average molecular weight is 1030 g/mol. The second kappa shape index (κ2) is 20.9. The van der Waals surface area contributed by atoms with Crippen molar-refractivity contribution in [1.82, 2.24) is 0 Å². The Labute approximate surface area is 413 Å². The molecule has 0 saturated carbocycles. The molecule has 6 aromatic rings. The molecule has 1 aromatic heterocycles. The van der Waals surface area contributed by atoms with Crippen molar-refractivity contribution in [3.63, 3.8) is 0 Å². The van der Waals surface area contributed by atoms with Gasteiger partial charge >= 0.3 is 5.97 Å². The van der Waals surface area contributed by atoms with Crippen LogP contribution in [0.25, 0.3) is 36.8 Å². The Morgan fingerprint density at radius 1 is 0.594 bits per heavy atom. The molecule has 0 unspecified atom stereocenters. The molecule has 11 nitrogen and oxygen atoms in total. The second-order valence-corrected chi connectivity index (χ2v) is 23.3. The van der Waals surface area contributed by atoms with Gasteiger partial charge in [-0.3, -0.25) is 18.5 Å². The molecule has 350 valence electrons. The number of aliphatic carboxylic acids is 1. The van der Waals surface area contributed by atoms with Gasteiger partial charge in [-0.25, -0.2) is 0 Å². The number of carboxylic acids is 1. The minimum Gasteiger partial charge on any atom is -0.481 e. The van der Waals surface area contributed by atoms with E-state index in [1.807, 2.05) is 78.9 Å². The van der Waals surface area contributed by atoms with Gasteiger partial charge in [0.05, 0.1) is 21.1 Å². The smallest absolute Gasteiger partial charge is 0.307 e. The maximum absolute atomic E-state index is 11.8. The van der Waals surface area contributed by atoms with Crippen LogP contribution in [0.5, 0.6) is 0 Å². The predicted octanol–water partition coefficient (Wildman–Crippen LogP) is 12.7. The fourth-order valence-electron chi connectivity index (χ4n) is 7.49. The summed E-state index contributed by atoms with van der Waals surface area (Å²) in [5.41, 5.74) is 7.61. The van der Waals surface area contributed by atoms with Gasteiger partial charge in [-0.2, -0.15) is 25.3 Å². The van der Waals surface area contributed by atoms with E-state index in [-0.39, 0.29) is 21.1 Å². The number of carboxylic acid groups (broad SMARTS) is 1. The standard InChI is InChI=1S/C52H40O11S6/c53-51(54)33-34-11-21-43(22-12-34)64-52-41(13-9-35-29-47(37-5-2-1-3-6-37)65-48(30-35)38-15-23-44(24-16-38)67(55,56)57)7-4-8-42(52)14-10-36-31-49(39-17-25-45(26-18-39)68(58,59)60)66-50(32-36)40-19-27-46(28-20-40)69(61,62)63/h1-3,5-6,9-32H,4,7-8,33H2,(H3-,53,54,55,56,57,58,59,60,61,62,63)/p+1. The molecule has 5 aromatic carbocycles. The van der Waals surface area contributed by atoms with Crippen LogP contribution in [0.2, 0.25) is 0 Å². The zero-order valence-electron chi connectivity index (χ0n) is 36.2. The van der Waals surface area contributed by atoms with Crippen LogP contribution in [-0.2, 0) is 41.6 Å². The van der Waals surface area contributed by atoms with Crippen LogP contribution in [0.1, 0.15) is 41.5 Å². The first kappa shape index (κ1) is 49.4. The maximum Gasteiger partial charge on any atom is 0.307 e. The van der Waals surface area contributed by atoms with Gasteiger partial charge in [-0.1, -0.05) is 102 Å². The van der Waals surface area contributed by atoms with Crippen LogP contribution < -0.4 is 0 Å². The summed E-state index contributed by atoms with van der Waals surface area (Å²) in [7, 11) is -13.2. The maximum atomic E-state index is 11.8. The minimum atomic E-state index is -4.43. The summed E-state index contributed by atoms with van der Waals surface area (Å²) in [5.74, 6) is -0.924. The zero-order chi connectivity index (χ0) is 48.9. The van der Waals surface area contributed by atoms with E-state index in [0.717, 1.165) is 82.0 Å². The third kappa shape index (κ3) is 12.8. The van der Waals surface area contributed by atoms with Gasteiger partial charge < -0.3 is 5.11 Å². The van der Waals surface area contributed by atoms with Crippen molar-refractivity contribution in [2.24, 2.45) is 0 Å². The molecule has 8 rings (SSSR count). The molecule has 17 heteroatoms. The Morgan fingerprint density at radius 2 is 1.09 bits per heavy atom. The number of carbonyl (C=O) groups is 1. The minimum absolute atomic E-state index is 0.103. The highest BCUT2D eigenvalue weighted by Gasteiger charge is 2.22. The lowest BCUT2D eigenvalue weighted by atomic mass is 9.93. The van der Waals surface area contributed by atoms with E-state index in [1.165, 1.54) is 48.2 Å². The zero-order valence-corrected chi connectivity index (χ0v) is 41.1. The van der Waals surface area contributed by atoms with Crippen molar-refractivity contribution >= 4 is 87.1 Å². The molecule has 0 saturated heterocycles. The van der Waals surface area contributed by atoms with Gasteiger partial charge in [0.25, 0.3) is 30.4 Å². The number of benzene rings is 5. The van der Waals surface area contributed by atoms with Gasteiger partial charge in [-0.05, 0) is 143 Å². The third-order valence-electron chi connectivity index (χ3n) is 10.9. The first-order valence-corrected chi connectivity index (χ1v) is 27.8. The van der Waals surface area contributed by atoms with Gasteiger partial charge in [0, 0.05) is 42.9 Å². The molecule has 2 aliphatic rings. The van der Waals surface area contributed by atoms with Crippen LogP contribution in [0.4, 0.5) is 0 Å². The van der Waals surface area contributed by atoms with E-state index >= 15 is 0 Å². The van der Waals surface area contributed by atoms with E-state index in [2.05, 4.69) is 24.3 Å². The normalized spacial score (nSPS) is 15.3. The van der Waals surface area contributed by atoms with Gasteiger partial charge in [0.15, 0.2) is 0 Å². The average Bonchev–Trinajstić information content (AvgIpc) is 3.33. The number of thioether (sulfide) groups is 2. The molecule has 0 spiro atoms. The summed E-state index contributed by atoms with van der Waals surface area (Å²) in [6, 6.07) is 39.3. The van der Waals surface area contributed by atoms with Gasteiger partial charge in [0.1, 0.15) is 0 Å². The summed E-state index contributed by atoms with van der Waals surface area (Å²) in [4.78, 5) is 16.1. The number of hydrogen-bond acceptors (Lipinski definition) is 9. The highest BCUT2D eigenvalue weighted by molar-refractivity contribution is 8.16. The summed E-state index contributed by atoms with van der Waals surface area (Å²) >= 11 is 4.51. The Morgan fingerprint density at radius 3 is 1.58 bits per heavy atom. The first-order chi connectivity index (χ1) is 32.9. The lowest BCUT2D eigenvalue weighted by molar-refractivity contribution is -0.136. The topological polar surface area (TPSA) is 200 Å². The van der Waals surface area contributed by atoms with Gasteiger partial charge in [0.2, 0.25) is 21.1 Å². The van der Waals surface area contributed by atoms with E-state index in [4.69, 9.17) is 0 Å². The molecule has 2 heterocycles. The molecule has 69 heavy (non-hydrogen) atoms. The Hall–Kier alpha value is -5.99. The fourth-order valence-corrected chi connectivity index (χ4v) is 12.3. The van der Waals surface area contributed by atoms with Crippen molar-refractivity contribution in [3.05, 3.63) is 214 Å². The SMILES string of the molecule is O=C(O)Cc1ccc(SC2=C(/C=C/c3cc(-c4ccccc4)[s+]c(-c4ccc(S(=O)(=O)O)cc4)c3)CCC/C2=C\C=C2C=C(c3ccc(S(=O)(=O)O)cc3)SC(c3ccc(S(=O)(=O)O)cc3)=C2)cc1. The second-order valence-electron chi connectivity index (χ2n) is 15.8. The summed E-state index contributed by atoms with van der Waals surface area (Å²) in [6.07, 6.45) is 14.4. The number of rotatable bonds is 14. The molecule has 0 atom stereocenters. The Balaban J connectivity index is 1.22. The van der Waals surface area contributed by atoms with E-state index in [0.29, 0.717) is 16.7 Å². The molecule has 1 aliphatic heterocycles. The molecule has 0 radical (unpaired) electrons. The monoisotopic (exact) mass is 1030 g/mol. The largest absolute Gasteiger partial charge is 0.481 e. The van der Waals surface area contributed by atoms with Crippen LogP contribution in [0.3, 0.4) is 0 Å². The first-order valence-electron chi connectivity index (χ1n) is 21.1. The molecule has 1 aliphatic carbocycles. The summed E-state index contributed by atoms with van der Waals surface area (Å²) < 4.78 is 99.8. The van der Waals surface area contributed by atoms with Crippen molar-refractivity contribution in [2.45, 2.75) is 45.3 Å². The van der Waals surface area contributed by atoms with Crippen molar-refractivity contribution < 1.29 is 48.8 Å². The van der Waals surface area contributed by atoms with Crippen LogP contribution in [0, 0.1) is 0 Å². The summed E-state index contributed by atoms with van der Waals surface area (Å²) in [6.45, 7) is 0. The van der Waals surface area contributed by atoms with Gasteiger partial charge in [-0.15, -0.1) is 0 Å². The quantitative estimate of drug-likeness (QED) is 0.0594. The van der Waals surface area contributed by atoms with E-state index < -0.39 is 36.3 Å². The Kier molecular flexibility index (Phi) is 15.0. The van der Waals surface area contributed by atoms with Crippen LogP contribution in [-0.4, -0.2) is 50.0 Å². The molecule has 4 N–H and O–H groups in total. The third-order valence-corrected chi connectivity index (χ3v) is 17.1. The highest BCUT2D eigenvalue weighted by atomic mass is 32.2. The van der Waals surface area contributed by atoms with Crippen molar-refractivity contribution in [1.29, 1.82) is 0 Å². The number of allylic oxidation sites excluding steroid dienone is 8. The fraction of sp³-hybridized carbons (Fsp3) is 0.0769. The van der Waals surface area contributed by atoms with E-state index in [9.17, 15) is 48.8 Å². The Bertz CT molecular complexity index is 3390. The van der Waals surface area contributed by atoms with E-state index in [1.54, 1.807) is 59.5 Å². The molecule has 0 fully saturated rings.